The minimum Gasteiger partial charge on any atom is -0.332 e. The van der Waals surface area contributed by atoms with Crippen LogP contribution in [0.15, 0.2) is 30.3 Å². The summed E-state index contributed by atoms with van der Waals surface area (Å²) < 4.78 is 0. The maximum atomic E-state index is 12.4. The second-order valence-electron chi connectivity index (χ2n) is 4.54. The third-order valence-corrected chi connectivity index (χ3v) is 4.36. The number of nitriles is 1. The lowest BCUT2D eigenvalue weighted by Crippen LogP contribution is -2.27. The number of carbonyl (C=O) groups excluding carboxylic acids is 1. The fourth-order valence-electron chi connectivity index (χ4n) is 2.00. The fourth-order valence-corrected chi connectivity index (χ4v) is 3.00. The van der Waals surface area contributed by atoms with E-state index >= 15 is 0 Å². The van der Waals surface area contributed by atoms with Crippen LogP contribution < -0.4 is 5.32 Å². The first kappa shape index (κ1) is 15.2. The third kappa shape index (κ3) is 3.47. The lowest BCUT2D eigenvalue weighted by Gasteiger charge is -2.11. The highest BCUT2D eigenvalue weighted by atomic mass is 32.1. The number of nitrogens with one attached hydrogen (secondary N) is 1. The Morgan fingerprint density at radius 1 is 1.33 bits per heavy atom. The summed E-state index contributed by atoms with van der Waals surface area (Å²) in [5, 5.41) is 13.0. The molecule has 0 fully saturated rings. The van der Waals surface area contributed by atoms with Crippen LogP contribution in [0.3, 0.4) is 0 Å². The molecular formula is C16H17N3OS. The number of hydrogen-bond donors (Lipinski definition) is 1. The van der Waals surface area contributed by atoms with Crippen molar-refractivity contribution in [2.24, 2.45) is 0 Å². The van der Waals surface area contributed by atoms with E-state index in [1.165, 1.54) is 11.3 Å². The van der Waals surface area contributed by atoms with Gasteiger partial charge in [0, 0.05) is 0 Å². The van der Waals surface area contributed by atoms with Crippen molar-refractivity contribution in [2.75, 3.05) is 0 Å². The molecule has 0 aliphatic carbocycles. The number of hydrogen-bond acceptors (Lipinski definition) is 4. The molecule has 0 spiro atoms. The number of amides is 1. The first-order chi connectivity index (χ1) is 10.2. The molecule has 2 rings (SSSR count). The van der Waals surface area contributed by atoms with Crippen molar-refractivity contribution in [3.8, 4) is 6.07 Å². The van der Waals surface area contributed by atoms with Crippen LogP contribution in [0, 0.1) is 11.3 Å². The largest absolute Gasteiger partial charge is 0.332 e. The maximum Gasteiger partial charge on any atom is 0.264 e. The van der Waals surface area contributed by atoms with E-state index in [-0.39, 0.29) is 5.91 Å². The molecular weight excluding hydrogens is 282 g/mol. The van der Waals surface area contributed by atoms with E-state index in [9.17, 15) is 10.1 Å². The molecule has 2 aromatic rings. The smallest absolute Gasteiger partial charge is 0.264 e. The van der Waals surface area contributed by atoms with Gasteiger partial charge in [-0.25, -0.2) is 4.98 Å². The molecule has 1 aromatic carbocycles. The number of nitrogens with zero attached hydrogens (tertiary/aromatic N) is 2. The molecule has 1 N–H and O–H groups in total. The second-order valence-corrected chi connectivity index (χ2v) is 5.62. The van der Waals surface area contributed by atoms with Crippen LogP contribution in [0.1, 0.15) is 45.8 Å². The molecule has 108 valence electrons. The molecule has 0 radical (unpaired) electrons. The number of benzene rings is 1. The van der Waals surface area contributed by atoms with Crippen molar-refractivity contribution in [1.29, 1.82) is 5.26 Å². The molecule has 1 heterocycles. The van der Waals surface area contributed by atoms with Gasteiger partial charge < -0.3 is 5.32 Å². The molecule has 1 aromatic heterocycles. The molecule has 1 atom stereocenters. The summed E-state index contributed by atoms with van der Waals surface area (Å²) in [7, 11) is 0. The zero-order chi connectivity index (χ0) is 15.2. The summed E-state index contributed by atoms with van der Waals surface area (Å²) in [4.78, 5) is 17.5. The number of aryl methyl sites for hydroxylation is 2. The Morgan fingerprint density at radius 2 is 2.05 bits per heavy atom. The van der Waals surface area contributed by atoms with Crippen molar-refractivity contribution in [1.82, 2.24) is 10.3 Å². The highest BCUT2D eigenvalue weighted by Gasteiger charge is 2.20. The molecule has 0 saturated carbocycles. The van der Waals surface area contributed by atoms with Crippen LogP contribution >= 0.6 is 11.3 Å². The summed E-state index contributed by atoms with van der Waals surface area (Å²) in [6, 6.07) is 10.7. The molecule has 21 heavy (non-hydrogen) atoms. The van der Waals surface area contributed by atoms with Crippen LogP contribution in [0.25, 0.3) is 0 Å². The Balaban J connectivity index is 2.21. The van der Waals surface area contributed by atoms with E-state index in [1.54, 1.807) is 0 Å². The molecule has 0 aliphatic rings. The number of thiazole rings is 1. The minimum atomic E-state index is -0.643. The van der Waals surface area contributed by atoms with Crippen molar-refractivity contribution in [3.63, 3.8) is 0 Å². The van der Waals surface area contributed by atoms with Crippen LogP contribution in [0.4, 0.5) is 0 Å². The van der Waals surface area contributed by atoms with Gasteiger partial charge in [0.1, 0.15) is 10.9 Å². The van der Waals surface area contributed by atoms with E-state index in [0.717, 1.165) is 22.7 Å². The highest BCUT2D eigenvalue weighted by Crippen LogP contribution is 2.21. The summed E-state index contributed by atoms with van der Waals surface area (Å²) >= 11 is 1.41. The maximum absolute atomic E-state index is 12.4. The highest BCUT2D eigenvalue weighted by molar-refractivity contribution is 7.13. The van der Waals surface area contributed by atoms with E-state index in [4.69, 9.17) is 0 Å². The lowest BCUT2D eigenvalue weighted by atomic mass is 10.1. The Morgan fingerprint density at radius 3 is 2.62 bits per heavy atom. The molecule has 4 nitrogen and oxygen atoms in total. The summed E-state index contributed by atoms with van der Waals surface area (Å²) in [6.45, 7) is 3.99. The van der Waals surface area contributed by atoms with Crippen molar-refractivity contribution in [3.05, 3.63) is 51.5 Å². The second kappa shape index (κ2) is 7.00. The van der Waals surface area contributed by atoms with Gasteiger partial charge in [-0.1, -0.05) is 44.2 Å². The molecule has 1 unspecified atom stereocenters. The van der Waals surface area contributed by atoms with Crippen LogP contribution in [-0.4, -0.2) is 10.9 Å². The number of carbonyl (C=O) groups is 1. The zero-order valence-electron chi connectivity index (χ0n) is 12.1. The normalized spacial score (nSPS) is 11.7. The van der Waals surface area contributed by atoms with Gasteiger partial charge in [0.2, 0.25) is 0 Å². The van der Waals surface area contributed by atoms with Crippen LogP contribution in [0.2, 0.25) is 0 Å². The van der Waals surface area contributed by atoms with Gasteiger partial charge in [-0.05, 0) is 18.4 Å². The van der Waals surface area contributed by atoms with Crippen molar-refractivity contribution in [2.45, 2.75) is 32.7 Å². The van der Waals surface area contributed by atoms with Gasteiger partial charge in [-0.2, -0.15) is 5.26 Å². The van der Waals surface area contributed by atoms with E-state index in [0.29, 0.717) is 11.3 Å². The van der Waals surface area contributed by atoms with Crippen LogP contribution in [-0.2, 0) is 12.8 Å². The van der Waals surface area contributed by atoms with Crippen LogP contribution in [0.5, 0.6) is 0 Å². The molecule has 0 bridgehead atoms. The van der Waals surface area contributed by atoms with E-state index in [1.807, 2.05) is 44.2 Å². The van der Waals surface area contributed by atoms with Gasteiger partial charge in [-0.15, -0.1) is 11.3 Å². The Labute approximate surface area is 128 Å². The fraction of sp³-hybridized carbons (Fsp3) is 0.312. The van der Waals surface area contributed by atoms with Crippen molar-refractivity contribution >= 4 is 17.2 Å². The minimum absolute atomic E-state index is 0.223. The zero-order valence-corrected chi connectivity index (χ0v) is 12.9. The van der Waals surface area contributed by atoms with Gasteiger partial charge in [-0.3, -0.25) is 4.79 Å². The standard InChI is InChI=1S/C16H17N3OS/c1-3-12-15(21-14(4-2)18-12)16(20)19-13(10-17)11-8-6-5-7-9-11/h5-9,13H,3-4H2,1-2H3,(H,19,20). The van der Waals surface area contributed by atoms with E-state index in [2.05, 4.69) is 16.4 Å². The quantitative estimate of drug-likeness (QED) is 0.921. The Bertz CT molecular complexity index is 658. The topological polar surface area (TPSA) is 65.8 Å². The first-order valence-corrected chi connectivity index (χ1v) is 7.75. The molecule has 5 heteroatoms. The lowest BCUT2D eigenvalue weighted by molar-refractivity contribution is 0.0948. The van der Waals surface area contributed by atoms with E-state index < -0.39 is 6.04 Å². The van der Waals surface area contributed by atoms with Gasteiger partial charge in [0.05, 0.1) is 16.8 Å². The van der Waals surface area contributed by atoms with Gasteiger partial charge in [0.15, 0.2) is 0 Å². The van der Waals surface area contributed by atoms with Crippen molar-refractivity contribution < 1.29 is 4.79 Å². The predicted octanol–water partition coefficient (Wildman–Crippen LogP) is 3.26. The average Bonchev–Trinajstić information content (AvgIpc) is 2.96. The predicted molar refractivity (Wildman–Crippen MR) is 83.1 cm³/mol. The average molecular weight is 299 g/mol. The SMILES string of the molecule is CCc1nc(CC)c(C(=O)NC(C#N)c2ccccc2)s1. The Hall–Kier alpha value is -2.19. The van der Waals surface area contributed by atoms with Gasteiger partial charge >= 0.3 is 0 Å². The first-order valence-electron chi connectivity index (χ1n) is 6.93. The molecule has 1 amide bonds. The Kier molecular flexibility index (Phi) is 5.07. The summed E-state index contributed by atoms with van der Waals surface area (Å²) in [5.41, 5.74) is 1.59. The summed E-state index contributed by atoms with van der Waals surface area (Å²) in [5.74, 6) is -0.223. The summed E-state index contributed by atoms with van der Waals surface area (Å²) in [6.07, 6.45) is 1.52. The molecule has 0 aliphatic heterocycles. The third-order valence-electron chi connectivity index (χ3n) is 3.12. The number of aromatic nitrogens is 1. The number of rotatable bonds is 5. The monoisotopic (exact) mass is 299 g/mol. The van der Waals surface area contributed by atoms with Gasteiger partial charge in [0.25, 0.3) is 5.91 Å². The molecule has 0 saturated heterocycles.